The van der Waals surface area contributed by atoms with E-state index in [4.69, 9.17) is 0 Å². The van der Waals surface area contributed by atoms with E-state index in [9.17, 15) is 33.1 Å². The molecule has 0 radical (unpaired) electrons. The van der Waals surface area contributed by atoms with E-state index in [1.54, 1.807) is 25.1 Å². The molecule has 2 N–H and O–H groups in total. The van der Waals surface area contributed by atoms with Crippen LogP contribution in [0.1, 0.15) is 49.6 Å². The Morgan fingerprint density at radius 1 is 1.24 bits per heavy atom. The summed E-state index contributed by atoms with van der Waals surface area (Å²) in [6, 6.07) is 7.19. The van der Waals surface area contributed by atoms with Crippen LogP contribution in [0.5, 0.6) is 0 Å². The van der Waals surface area contributed by atoms with Crippen molar-refractivity contribution in [2.45, 2.75) is 50.2 Å². The topological polar surface area (TPSA) is 110 Å². The van der Waals surface area contributed by atoms with Gasteiger partial charge in [-0.1, -0.05) is 19.9 Å². The van der Waals surface area contributed by atoms with Gasteiger partial charge in [0.1, 0.15) is 5.69 Å². The van der Waals surface area contributed by atoms with Gasteiger partial charge in [0.15, 0.2) is 12.1 Å². The number of benzene rings is 1. The Kier molecular flexibility index (Phi) is 7.59. The molecule has 1 aliphatic carbocycles. The summed E-state index contributed by atoms with van der Waals surface area (Å²) >= 11 is 1.42. The molecular weight excluding hydrogens is 507 g/mol. The number of nitrogens with one attached hydrogen (secondary N) is 1. The number of Topliss-reactive ketones (excluding diaryl/α,β-unsaturated/α-hetero) is 1. The van der Waals surface area contributed by atoms with E-state index in [2.05, 4.69) is 16.4 Å². The number of nitriles is 1. The average Bonchev–Trinajstić information content (AvgIpc) is 3.24. The fraction of sp³-hybridized carbons (Fsp3) is 0.360. The lowest BCUT2D eigenvalue weighted by atomic mass is 9.92. The first kappa shape index (κ1) is 26.7. The highest BCUT2D eigenvalue weighted by molar-refractivity contribution is 7.99. The number of carbonyl (C=O) groups is 2. The summed E-state index contributed by atoms with van der Waals surface area (Å²) in [5.41, 5.74) is 0.166. The maximum atomic E-state index is 14.0. The van der Waals surface area contributed by atoms with Crippen molar-refractivity contribution in [3.63, 3.8) is 0 Å². The monoisotopic (exact) mass is 531 g/mol. The molecule has 2 aliphatic rings. The Labute approximate surface area is 215 Å². The van der Waals surface area contributed by atoms with Crippen LogP contribution < -0.4 is 10.2 Å². The normalized spacial score (nSPS) is 18.8. The van der Waals surface area contributed by atoms with E-state index in [1.807, 2.05) is 6.92 Å². The van der Waals surface area contributed by atoms with Crippen molar-refractivity contribution >= 4 is 29.3 Å². The number of ketones is 1. The van der Waals surface area contributed by atoms with Crippen molar-refractivity contribution in [2.24, 2.45) is 0 Å². The van der Waals surface area contributed by atoms with Gasteiger partial charge in [-0.25, -0.2) is 4.79 Å². The van der Waals surface area contributed by atoms with Crippen LogP contribution in [-0.4, -0.2) is 45.5 Å². The van der Waals surface area contributed by atoms with Crippen molar-refractivity contribution in [3.05, 3.63) is 64.6 Å². The molecule has 194 valence electrons. The third-order valence-electron chi connectivity index (χ3n) is 6.11. The van der Waals surface area contributed by atoms with Crippen molar-refractivity contribution in [3.8, 4) is 6.07 Å². The van der Waals surface area contributed by atoms with E-state index in [-0.39, 0.29) is 42.1 Å². The molecule has 1 aliphatic heterocycles. The van der Waals surface area contributed by atoms with Crippen molar-refractivity contribution < 1.29 is 27.9 Å². The molecule has 8 nitrogen and oxygen atoms in total. The average molecular weight is 532 g/mol. The zero-order chi connectivity index (χ0) is 26.9. The summed E-state index contributed by atoms with van der Waals surface area (Å²) in [5.74, 6) is 0.370. The Bertz CT molecular complexity index is 1310. The van der Waals surface area contributed by atoms with Gasteiger partial charge in [-0.15, -0.1) is 11.8 Å². The lowest BCUT2D eigenvalue weighted by Crippen LogP contribution is -2.58. The highest BCUT2D eigenvalue weighted by Gasteiger charge is 2.49. The molecule has 0 spiro atoms. The fourth-order valence-corrected chi connectivity index (χ4v) is 5.48. The molecule has 0 saturated carbocycles. The molecule has 1 aromatic carbocycles. The largest absolute Gasteiger partial charge is 0.433 e. The summed E-state index contributed by atoms with van der Waals surface area (Å²) in [6.07, 6.45) is -5.11. The summed E-state index contributed by atoms with van der Waals surface area (Å²) < 4.78 is 40.2. The van der Waals surface area contributed by atoms with Gasteiger partial charge in [0.25, 0.3) is 0 Å². The number of aromatic nitrogens is 1. The predicted octanol–water partition coefficient (Wildman–Crippen LogP) is 4.57. The minimum atomic E-state index is -4.74. The fourth-order valence-electron chi connectivity index (χ4n) is 4.61. The number of aliphatic hydroxyl groups is 1. The van der Waals surface area contributed by atoms with E-state index in [0.717, 1.165) is 22.1 Å². The summed E-state index contributed by atoms with van der Waals surface area (Å²) in [4.78, 5) is 33.4. The molecule has 37 heavy (non-hydrogen) atoms. The molecule has 0 bridgehead atoms. The number of halogens is 3. The number of amides is 2. The van der Waals surface area contributed by atoms with E-state index < -0.39 is 30.3 Å². The van der Waals surface area contributed by atoms with Gasteiger partial charge in [-0.2, -0.15) is 18.4 Å². The lowest BCUT2D eigenvalue weighted by molar-refractivity contribution is -0.141. The summed E-state index contributed by atoms with van der Waals surface area (Å²) in [6.45, 7) is 3.91. The quantitative estimate of drug-likeness (QED) is 0.398. The number of carbonyl (C=O) groups excluding carboxylic acids is 2. The highest BCUT2D eigenvalue weighted by atomic mass is 32.2. The second-order valence-corrected chi connectivity index (χ2v) is 9.64. The first-order valence-corrected chi connectivity index (χ1v) is 12.6. The molecule has 12 heteroatoms. The molecule has 0 saturated heterocycles. The number of anilines is 1. The molecule has 2 atom stereocenters. The van der Waals surface area contributed by atoms with Gasteiger partial charge in [0, 0.05) is 28.8 Å². The molecule has 2 heterocycles. The van der Waals surface area contributed by atoms with Gasteiger partial charge in [-0.3, -0.25) is 24.9 Å². The number of alkyl halides is 3. The van der Waals surface area contributed by atoms with E-state index in [1.165, 1.54) is 17.8 Å². The first-order valence-electron chi connectivity index (χ1n) is 11.6. The van der Waals surface area contributed by atoms with Crippen molar-refractivity contribution in [1.82, 2.24) is 15.2 Å². The molecule has 4 rings (SSSR count). The van der Waals surface area contributed by atoms with Gasteiger partial charge in [-0.05, 0) is 48.5 Å². The van der Waals surface area contributed by atoms with Crippen LogP contribution in [-0.2, 0) is 11.0 Å². The van der Waals surface area contributed by atoms with Crippen LogP contribution in [0.3, 0.4) is 0 Å². The van der Waals surface area contributed by atoms with Crippen molar-refractivity contribution in [2.75, 3.05) is 17.2 Å². The summed E-state index contributed by atoms with van der Waals surface area (Å²) in [7, 11) is 0. The van der Waals surface area contributed by atoms with Gasteiger partial charge < -0.3 is 5.11 Å². The summed E-state index contributed by atoms with van der Waals surface area (Å²) in [5, 5.41) is 23.2. The standard InChI is InChI=1S/C25H24F3N5O3S/c1-3-30-23(35)33-22(16-6-5-14(13-29)11-19(16)37-4-2)21-17(7-8-18(21)34)32(24(33)36)15-9-10-31-20(12-15)25(26,27)28/h5-6,9-12,22-23,30,35H,3-4,7-8H2,1-2H3. The SMILES string of the molecule is CCNC(O)N1C(=O)N(c2ccnc(C(F)(F)F)c2)C2=C(C(=O)CC2)C1c1ccc(C#N)cc1SCC. The molecule has 2 amide bonds. The van der Waals surface area contributed by atoms with E-state index >= 15 is 0 Å². The first-order chi connectivity index (χ1) is 17.6. The lowest BCUT2D eigenvalue weighted by Gasteiger charge is -2.44. The molecule has 0 fully saturated rings. The van der Waals surface area contributed by atoms with Crippen LogP contribution in [0.4, 0.5) is 23.7 Å². The van der Waals surface area contributed by atoms with Crippen LogP contribution in [0.15, 0.2) is 52.7 Å². The van der Waals surface area contributed by atoms with Crippen LogP contribution >= 0.6 is 11.8 Å². The smallest absolute Gasteiger partial charge is 0.361 e. The number of thioether (sulfide) groups is 1. The number of hydrogen-bond donors (Lipinski definition) is 2. The molecule has 2 unspecified atom stereocenters. The van der Waals surface area contributed by atoms with Crippen LogP contribution in [0.25, 0.3) is 0 Å². The molecule has 1 aromatic heterocycles. The van der Waals surface area contributed by atoms with Crippen LogP contribution in [0.2, 0.25) is 0 Å². The number of allylic oxidation sites excluding steroid dienone is 1. The number of pyridine rings is 1. The third-order valence-corrected chi connectivity index (χ3v) is 7.07. The molecule has 2 aromatic rings. The Morgan fingerprint density at radius 2 is 2.00 bits per heavy atom. The zero-order valence-electron chi connectivity index (χ0n) is 20.0. The second-order valence-electron chi connectivity index (χ2n) is 8.34. The number of hydrogen-bond acceptors (Lipinski definition) is 7. The van der Waals surface area contributed by atoms with Crippen LogP contribution in [0, 0.1) is 11.3 Å². The molecular formula is C25H24F3N5O3S. The van der Waals surface area contributed by atoms with E-state index in [0.29, 0.717) is 21.8 Å². The van der Waals surface area contributed by atoms with Gasteiger partial charge in [0.2, 0.25) is 0 Å². The second kappa shape index (κ2) is 10.5. The Balaban J connectivity index is 1.97. The number of rotatable bonds is 7. The predicted molar refractivity (Wildman–Crippen MR) is 130 cm³/mol. The van der Waals surface area contributed by atoms with Gasteiger partial charge in [0.05, 0.1) is 23.4 Å². The minimum absolute atomic E-state index is 0.0693. The number of urea groups is 1. The Morgan fingerprint density at radius 3 is 2.65 bits per heavy atom. The maximum absolute atomic E-state index is 14.0. The minimum Gasteiger partial charge on any atom is -0.361 e. The van der Waals surface area contributed by atoms with Crippen molar-refractivity contribution in [1.29, 1.82) is 5.26 Å². The van der Waals surface area contributed by atoms with Gasteiger partial charge >= 0.3 is 12.2 Å². The maximum Gasteiger partial charge on any atom is 0.433 e. The number of nitrogens with zero attached hydrogens (tertiary/aromatic N) is 4. The third kappa shape index (κ3) is 4.94. The number of aliphatic hydroxyl groups excluding tert-OH is 1. The zero-order valence-corrected chi connectivity index (χ0v) is 20.9. The Hall–Kier alpha value is -3.40. The highest BCUT2D eigenvalue weighted by Crippen LogP contribution is 2.47.